The summed E-state index contributed by atoms with van der Waals surface area (Å²) in [5.74, 6) is -0.947. The third-order valence-corrected chi connectivity index (χ3v) is 10.9. The Morgan fingerprint density at radius 1 is 1.17 bits per heavy atom. The molecule has 6 rings (SSSR count). The first-order valence-corrected chi connectivity index (χ1v) is 16.2. The fourth-order valence-electron chi connectivity index (χ4n) is 6.36. The highest BCUT2D eigenvalue weighted by molar-refractivity contribution is 7.52. The number of likely N-dealkylation sites (tertiary alicyclic amines) is 1. The molecule has 15 heteroatoms. The molecule has 3 aliphatic heterocycles. The van der Waals surface area contributed by atoms with Crippen LogP contribution in [0.5, 0.6) is 0 Å². The van der Waals surface area contributed by atoms with Crippen molar-refractivity contribution >= 4 is 46.7 Å². The van der Waals surface area contributed by atoms with Crippen molar-refractivity contribution in [3.05, 3.63) is 53.4 Å². The number of aromatic nitrogens is 2. The van der Waals surface area contributed by atoms with E-state index in [0.29, 0.717) is 36.9 Å². The molecule has 0 unspecified atom stereocenters. The number of imidazole rings is 1. The van der Waals surface area contributed by atoms with Gasteiger partial charge in [0.25, 0.3) is 5.91 Å². The highest BCUT2D eigenvalue weighted by Crippen LogP contribution is 2.59. The van der Waals surface area contributed by atoms with Gasteiger partial charge < -0.3 is 29.5 Å². The third-order valence-electron chi connectivity index (χ3n) is 8.75. The minimum absolute atomic E-state index is 0.0431. The molecule has 5 heterocycles. The molecule has 3 fully saturated rings. The lowest BCUT2D eigenvalue weighted by atomic mass is 9.96. The molecule has 0 aliphatic carbocycles. The summed E-state index contributed by atoms with van der Waals surface area (Å²) in [5.41, 5.74) is -5.22. The zero-order chi connectivity index (χ0) is 30.0. The van der Waals surface area contributed by atoms with Crippen LogP contribution < -0.4 is 5.32 Å². The van der Waals surface area contributed by atoms with Gasteiger partial charge in [-0.2, -0.15) is 8.78 Å². The van der Waals surface area contributed by atoms with E-state index in [2.05, 4.69) is 10.3 Å². The van der Waals surface area contributed by atoms with E-state index in [4.69, 9.17) is 9.79 Å². The lowest BCUT2D eigenvalue weighted by Gasteiger charge is -2.48. The van der Waals surface area contributed by atoms with Crippen molar-refractivity contribution in [2.45, 2.75) is 74.9 Å². The number of hydrogen-bond acceptors (Lipinski definition) is 6. The fraction of sp³-hybridized carbons (Fsp3) is 0.481. The molecule has 0 radical (unpaired) electrons. The van der Waals surface area contributed by atoms with Gasteiger partial charge >= 0.3 is 13.3 Å². The number of hydrogen-bond donors (Lipinski definition) is 3. The maximum Gasteiger partial charge on any atom is 0.399 e. The van der Waals surface area contributed by atoms with Gasteiger partial charge in [-0.1, -0.05) is 6.07 Å². The second kappa shape index (κ2) is 10.5. The van der Waals surface area contributed by atoms with Crippen LogP contribution in [0.3, 0.4) is 0 Å². The molecule has 42 heavy (non-hydrogen) atoms. The first-order valence-electron chi connectivity index (χ1n) is 13.8. The molecule has 0 bridgehead atoms. The van der Waals surface area contributed by atoms with Crippen LogP contribution in [0.4, 0.5) is 8.78 Å². The van der Waals surface area contributed by atoms with Gasteiger partial charge in [-0.15, -0.1) is 11.3 Å². The number of carbonyl (C=O) groups is 3. The summed E-state index contributed by atoms with van der Waals surface area (Å²) >= 11 is 1.02. The number of thiophene rings is 1. The van der Waals surface area contributed by atoms with E-state index in [1.165, 1.54) is 12.1 Å². The Hall–Kier alpha value is -3.19. The van der Waals surface area contributed by atoms with Gasteiger partial charge in [-0.05, 0) is 62.6 Å². The summed E-state index contributed by atoms with van der Waals surface area (Å²) in [6.45, 7) is 2.51. The summed E-state index contributed by atoms with van der Waals surface area (Å²) in [4.78, 5) is 66.4. The second-order valence-corrected chi connectivity index (χ2v) is 13.9. The number of carbonyl (C=O) groups excluding carboxylic acids is 3. The first kappa shape index (κ1) is 28.9. The van der Waals surface area contributed by atoms with E-state index in [1.54, 1.807) is 22.3 Å². The number of halogens is 2. The molecule has 2 aromatic heterocycles. The maximum atomic E-state index is 14.2. The van der Waals surface area contributed by atoms with Crippen molar-refractivity contribution in [2.24, 2.45) is 0 Å². The molecule has 3 amide bonds. The monoisotopic (exact) mass is 621 g/mol. The van der Waals surface area contributed by atoms with E-state index < -0.39 is 36.8 Å². The predicted molar refractivity (Wildman–Crippen MR) is 149 cm³/mol. The Morgan fingerprint density at radius 2 is 1.95 bits per heavy atom. The van der Waals surface area contributed by atoms with Gasteiger partial charge in [0.2, 0.25) is 11.8 Å². The minimum atomic E-state index is -5.74. The summed E-state index contributed by atoms with van der Waals surface area (Å²) in [7, 11) is -5.74. The summed E-state index contributed by atoms with van der Waals surface area (Å²) in [6.07, 6.45) is 8.40. The molecular formula is C27H30F2N5O6PS. The van der Waals surface area contributed by atoms with Gasteiger partial charge in [0, 0.05) is 35.2 Å². The topological polar surface area (TPSA) is 145 Å². The molecule has 5 atom stereocenters. The maximum absolute atomic E-state index is 14.2. The number of rotatable bonds is 6. The predicted octanol–water partition coefficient (Wildman–Crippen LogP) is 3.44. The van der Waals surface area contributed by atoms with Crippen LogP contribution in [-0.2, 0) is 19.8 Å². The normalized spacial score (nSPS) is 26.6. The molecule has 3 aliphatic rings. The molecule has 0 saturated carbocycles. The van der Waals surface area contributed by atoms with Gasteiger partial charge in [0.1, 0.15) is 12.1 Å². The number of nitrogens with zero attached hydrogens (tertiary/aromatic N) is 4. The number of nitrogens with one attached hydrogen (secondary N) is 1. The highest BCUT2D eigenvalue weighted by atomic mass is 32.1. The van der Waals surface area contributed by atoms with Crippen molar-refractivity contribution in [2.75, 3.05) is 6.54 Å². The van der Waals surface area contributed by atoms with Crippen LogP contribution in [0.15, 0.2) is 43.0 Å². The standard InChI is InChI=1S/C27H30F2N5O6PS/c1-15-21(32-10-9-30-14-32)13-33(15)26(37)20-7-6-18-3-2-4-19(25(36)34(18)20)31-24(35)23-12-16-11-17(5-8-22(16)42-23)27(28,29)41(38,39)40/h5,8-12,14-15,18-21H,2-4,6-7,13H2,1H3,(H,31,35)(H2,38,39,40)/t15-,18+,19+,20+,21+/m1/s1. The zero-order valence-electron chi connectivity index (χ0n) is 22.6. The Kier molecular flexibility index (Phi) is 7.24. The SMILES string of the molecule is C[C@@H]1[C@@H](n2ccnc2)CN1C(=O)[C@@H]1CC[C@@H]2CCC[C@H](NC(=O)c3cc4cc(C(F)(F)P(=O)(O)O)ccc4s3)C(=O)N21. The average molecular weight is 622 g/mol. The number of fused-ring (bicyclic) bond motifs is 2. The van der Waals surface area contributed by atoms with Crippen molar-refractivity contribution in [1.29, 1.82) is 0 Å². The van der Waals surface area contributed by atoms with E-state index in [0.717, 1.165) is 29.9 Å². The molecule has 1 aromatic carbocycles. The molecule has 3 N–H and O–H groups in total. The number of alkyl halides is 2. The summed E-state index contributed by atoms with van der Waals surface area (Å²) < 4.78 is 42.2. The minimum Gasteiger partial charge on any atom is -0.340 e. The molecule has 3 aromatic rings. The third kappa shape index (κ3) is 4.83. The van der Waals surface area contributed by atoms with Gasteiger partial charge in [0.05, 0.1) is 23.3 Å². The lowest BCUT2D eigenvalue weighted by molar-refractivity contribution is -0.153. The lowest BCUT2D eigenvalue weighted by Crippen LogP contribution is -2.63. The smallest absolute Gasteiger partial charge is 0.340 e. The van der Waals surface area contributed by atoms with E-state index in [1.807, 2.05) is 17.7 Å². The van der Waals surface area contributed by atoms with E-state index in [9.17, 15) is 27.7 Å². The van der Waals surface area contributed by atoms with E-state index >= 15 is 0 Å². The average Bonchev–Trinajstić information content (AvgIpc) is 3.68. The van der Waals surface area contributed by atoms with Crippen LogP contribution in [0.25, 0.3) is 10.1 Å². The van der Waals surface area contributed by atoms with Crippen molar-refractivity contribution in [3.8, 4) is 0 Å². The molecule has 11 nitrogen and oxygen atoms in total. The van der Waals surface area contributed by atoms with Gasteiger partial charge in [-0.25, -0.2) is 4.98 Å². The zero-order valence-corrected chi connectivity index (χ0v) is 24.3. The van der Waals surface area contributed by atoms with Gasteiger partial charge in [0.15, 0.2) is 0 Å². The highest BCUT2D eigenvalue weighted by Gasteiger charge is 2.51. The quantitative estimate of drug-likeness (QED) is 0.358. The van der Waals surface area contributed by atoms with E-state index in [-0.39, 0.29) is 40.2 Å². The number of benzene rings is 1. The Labute approximate surface area is 243 Å². The van der Waals surface area contributed by atoms with Crippen LogP contribution in [0, 0.1) is 0 Å². The largest absolute Gasteiger partial charge is 0.399 e. The fourth-order valence-corrected chi connectivity index (χ4v) is 7.78. The van der Waals surface area contributed by atoms with Crippen LogP contribution in [-0.4, -0.2) is 77.6 Å². The Balaban J connectivity index is 1.16. The first-order chi connectivity index (χ1) is 19.9. The molecule has 224 valence electrons. The van der Waals surface area contributed by atoms with Gasteiger partial charge in [-0.3, -0.25) is 18.9 Å². The number of amides is 3. The second-order valence-electron chi connectivity index (χ2n) is 11.2. The van der Waals surface area contributed by atoms with Crippen LogP contribution >= 0.6 is 18.9 Å². The molecule has 3 saturated heterocycles. The molecular weight excluding hydrogens is 591 g/mol. The van der Waals surface area contributed by atoms with Crippen LogP contribution in [0.2, 0.25) is 0 Å². The van der Waals surface area contributed by atoms with Crippen LogP contribution in [0.1, 0.15) is 60.3 Å². The van der Waals surface area contributed by atoms with Crippen molar-refractivity contribution in [1.82, 2.24) is 24.7 Å². The summed E-state index contributed by atoms with van der Waals surface area (Å²) in [5, 5.41) is 3.02. The van der Waals surface area contributed by atoms with Crippen molar-refractivity contribution < 1.29 is 37.5 Å². The Bertz CT molecular complexity index is 1590. The summed E-state index contributed by atoms with van der Waals surface area (Å²) in [6, 6.07) is 3.10. The molecule has 0 spiro atoms. The van der Waals surface area contributed by atoms with Crippen molar-refractivity contribution in [3.63, 3.8) is 0 Å². The Morgan fingerprint density at radius 3 is 2.64 bits per heavy atom.